The minimum atomic E-state index is -0.275. The number of pyridine rings is 2. The van der Waals surface area contributed by atoms with Crippen LogP contribution in [0.3, 0.4) is 0 Å². The second-order valence-corrected chi connectivity index (χ2v) is 10.1. The van der Waals surface area contributed by atoms with Gasteiger partial charge in [0.05, 0.1) is 23.1 Å². The van der Waals surface area contributed by atoms with Crippen LogP contribution in [0.25, 0.3) is 50.0 Å². The quantitative estimate of drug-likeness (QED) is 0.199. The first-order valence-electron chi connectivity index (χ1n) is 13.4. The highest BCUT2D eigenvalue weighted by Crippen LogP contribution is 2.34. The molecule has 0 amide bonds. The van der Waals surface area contributed by atoms with Gasteiger partial charge in [0.15, 0.2) is 5.65 Å². The number of allylic oxidation sites excluding steroid dienone is 5. The van der Waals surface area contributed by atoms with Gasteiger partial charge in [-0.15, -0.1) is 0 Å². The van der Waals surface area contributed by atoms with Crippen molar-refractivity contribution in [2.45, 2.75) is 26.2 Å². The number of benzene rings is 1. The van der Waals surface area contributed by atoms with Crippen LogP contribution in [0.2, 0.25) is 0 Å². The molecule has 0 saturated carbocycles. The standard InChI is InChI=1S/C32H31FN6/c1-3-20(12-21-8-10-34-11-9-21)13-22(4-2)24-15-27-31(38-39-32(27)36-17-24)29-16-26-28(18-35-19-30(26)37-29)23-6-5-7-25(33)14-23/h3-7,13-19,21,34,37H,1,8-12H2,2H3,(H,36,38,39)/b20-13+,22-4+. The van der Waals surface area contributed by atoms with E-state index in [4.69, 9.17) is 0 Å². The van der Waals surface area contributed by atoms with E-state index in [0.29, 0.717) is 11.6 Å². The molecular formula is C32H31FN6. The molecule has 1 fully saturated rings. The molecule has 7 heteroatoms. The average Bonchev–Trinajstić information content (AvgIpc) is 3.59. The number of fused-ring (bicyclic) bond motifs is 2. The fourth-order valence-electron chi connectivity index (χ4n) is 5.49. The van der Waals surface area contributed by atoms with Gasteiger partial charge in [-0.2, -0.15) is 5.10 Å². The molecule has 1 aliphatic rings. The number of halogens is 1. The van der Waals surface area contributed by atoms with E-state index in [-0.39, 0.29) is 5.82 Å². The van der Waals surface area contributed by atoms with Crippen LogP contribution >= 0.6 is 0 Å². The highest BCUT2D eigenvalue weighted by Gasteiger charge is 2.17. The van der Waals surface area contributed by atoms with E-state index in [1.807, 2.05) is 18.3 Å². The van der Waals surface area contributed by atoms with Crippen molar-refractivity contribution in [3.05, 3.63) is 96.7 Å². The van der Waals surface area contributed by atoms with E-state index in [1.165, 1.54) is 30.5 Å². The number of aromatic nitrogens is 5. The van der Waals surface area contributed by atoms with Gasteiger partial charge in [-0.1, -0.05) is 36.9 Å². The minimum Gasteiger partial charge on any atom is -0.352 e. The second-order valence-electron chi connectivity index (χ2n) is 10.1. The lowest BCUT2D eigenvalue weighted by molar-refractivity contribution is 0.374. The predicted octanol–water partition coefficient (Wildman–Crippen LogP) is 7.21. The molecule has 0 bridgehead atoms. The zero-order valence-corrected chi connectivity index (χ0v) is 22.0. The van der Waals surface area contributed by atoms with Gasteiger partial charge >= 0.3 is 0 Å². The molecule has 6 rings (SSSR count). The Morgan fingerprint density at radius 1 is 1.10 bits per heavy atom. The lowest BCUT2D eigenvalue weighted by atomic mass is 9.89. The monoisotopic (exact) mass is 518 g/mol. The highest BCUT2D eigenvalue weighted by molar-refractivity contribution is 6.00. The van der Waals surface area contributed by atoms with Gasteiger partial charge in [0, 0.05) is 34.3 Å². The Balaban J connectivity index is 1.37. The van der Waals surface area contributed by atoms with Gasteiger partial charge in [-0.05, 0) is 86.2 Å². The van der Waals surface area contributed by atoms with Gasteiger partial charge < -0.3 is 10.3 Å². The molecule has 1 aromatic carbocycles. The summed E-state index contributed by atoms with van der Waals surface area (Å²) in [6.07, 6.45) is 15.2. The van der Waals surface area contributed by atoms with Gasteiger partial charge in [-0.25, -0.2) is 9.37 Å². The number of piperidine rings is 1. The molecular weight excluding hydrogens is 487 g/mol. The maximum atomic E-state index is 13.9. The molecule has 4 aromatic heterocycles. The van der Waals surface area contributed by atoms with Crippen LogP contribution in [0.5, 0.6) is 0 Å². The molecule has 5 aromatic rings. The lowest BCUT2D eigenvalue weighted by Gasteiger charge is -2.23. The summed E-state index contributed by atoms with van der Waals surface area (Å²) in [5, 5.41) is 13.0. The molecule has 0 spiro atoms. The third-order valence-electron chi connectivity index (χ3n) is 7.59. The summed E-state index contributed by atoms with van der Waals surface area (Å²) in [4.78, 5) is 12.5. The van der Waals surface area contributed by atoms with Gasteiger partial charge in [0.1, 0.15) is 5.82 Å². The summed E-state index contributed by atoms with van der Waals surface area (Å²) in [7, 11) is 0. The first kappa shape index (κ1) is 24.9. The number of nitrogens with zero attached hydrogens (tertiary/aromatic N) is 3. The Kier molecular flexibility index (Phi) is 6.90. The van der Waals surface area contributed by atoms with Gasteiger partial charge in [-0.3, -0.25) is 10.1 Å². The van der Waals surface area contributed by atoms with Crippen molar-refractivity contribution < 1.29 is 4.39 Å². The van der Waals surface area contributed by atoms with Crippen LogP contribution in [-0.2, 0) is 0 Å². The molecule has 0 atom stereocenters. The van der Waals surface area contributed by atoms with Crippen LogP contribution in [-0.4, -0.2) is 38.2 Å². The molecule has 0 radical (unpaired) electrons. The summed E-state index contributed by atoms with van der Waals surface area (Å²) in [6.45, 7) is 8.31. The summed E-state index contributed by atoms with van der Waals surface area (Å²) in [5.41, 5.74) is 8.25. The molecule has 5 heterocycles. The van der Waals surface area contributed by atoms with Crippen molar-refractivity contribution in [3.8, 4) is 22.5 Å². The van der Waals surface area contributed by atoms with E-state index in [0.717, 1.165) is 69.5 Å². The Morgan fingerprint density at radius 3 is 2.77 bits per heavy atom. The van der Waals surface area contributed by atoms with Crippen molar-refractivity contribution in [1.82, 2.24) is 30.5 Å². The smallest absolute Gasteiger partial charge is 0.181 e. The van der Waals surface area contributed by atoms with E-state index in [1.54, 1.807) is 18.5 Å². The third-order valence-corrected chi connectivity index (χ3v) is 7.59. The van der Waals surface area contributed by atoms with Gasteiger partial charge in [0.2, 0.25) is 0 Å². The third kappa shape index (κ3) is 5.05. The summed E-state index contributed by atoms with van der Waals surface area (Å²) < 4.78 is 13.9. The Labute approximate surface area is 226 Å². The number of H-pyrrole nitrogens is 2. The van der Waals surface area contributed by atoms with Crippen LogP contribution < -0.4 is 5.32 Å². The first-order chi connectivity index (χ1) is 19.1. The second kappa shape index (κ2) is 10.8. The molecule has 39 heavy (non-hydrogen) atoms. The van der Waals surface area contributed by atoms with E-state index >= 15 is 0 Å². The minimum absolute atomic E-state index is 0.275. The van der Waals surface area contributed by atoms with E-state index < -0.39 is 0 Å². The first-order valence-corrected chi connectivity index (χ1v) is 13.4. The van der Waals surface area contributed by atoms with Crippen LogP contribution in [0.15, 0.2) is 85.4 Å². The van der Waals surface area contributed by atoms with Crippen molar-refractivity contribution in [3.63, 3.8) is 0 Å². The Bertz CT molecular complexity index is 1720. The Morgan fingerprint density at radius 2 is 1.97 bits per heavy atom. The van der Waals surface area contributed by atoms with Crippen LogP contribution in [0.1, 0.15) is 31.7 Å². The average molecular weight is 519 g/mol. The molecule has 1 aliphatic heterocycles. The number of hydrogen-bond donors (Lipinski definition) is 3. The van der Waals surface area contributed by atoms with E-state index in [9.17, 15) is 4.39 Å². The number of rotatable bonds is 7. The van der Waals surface area contributed by atoms with E-state index in [2.05, 4.69) is 68.3 Å². The summed E-state index contributed by atoms with van der Waals surface area (Å²) in [6, 6.07) is 10.8. The lowest BCUT2D eigenvalue weighted by Crippen LogP contribution is -2.27. The van der Waals surface area contributed by atoms with Gasteiger partial charge in [0.25, 0.3) is 0 Å². The SMILES string of the molecule is C=C/C(=C\C(=C/C)c1cnc2n[nH]c(-c3cc4c(-c5cccc(F)c5)cncc4[nH]3)c2c1)CC1CCNCC1. The zero-order chi connectivity index (χ0) is 26.8. The van der Waals surface area contributed by atoms with Crippen molar-refractivity contribution in [2.24, 2.45) is 5.92 Å². The largest absolute Gasteiger partial charge is 0.352 e. The topological polar surface area (TPSA) is 82.3 Å². The maximum Gasteiger partial charge on any atom is 0.181 e. The zero-order valence-electron chi connectivity index (χ0n) is 22.0. The number of hydrogen-bond acceptors (Lipinski definition) is 4. The fraction of sp³-hybridized carbons (Fsp3) is 0.219. The van der Waals surface area contributed by atoms with Crippen LogP contribution in [0.4, 0.5) is 4.39 Å². The number of nitrogens with one attached hydrogen (secondary N) is 3. The van der Waals surface area contributed by atoms with Crippen molar-refractivity contribution in [1.29, 1.82) is 0 Å². The maximum absolute atomic E-state index is 13.9. The number of aromatic amines is 2. The Hall–Kier alpha value is -4.36. The normalized spacial score (nSPS) is 15.3. The molecule has 196 valence electrons. The molecule has 3 N–H and O–H groups in total. The molecule has 1 saturated heterocycles. The van der Waals surface area contributed by atoms with Crippen molar-refractivity contribution >= 4 is 27.5 Å². The molecule has 0 unspecified atom stereocenters. The summed E-state index contributed by atoms with van der Waals surface area (Å²) in [5.74, 6) is 0.408. The fourth-order valence-corrected chi connectivity index (χ4v) is 5.49. The molecule has 6 nitrogen and oxygen atoms in total. The molecule has 0 aliphatic carbocycles. The van der Waals surface area contributed by atoms with Crippen LogP contribution in [0, 0.1) is 11.7 Å². The highest BCUT2D eigenvalue weighted by atomic mass is 19.1. The van der Waals surface area contributed by atoms with Crippen molar-refractivity contribution in [2.75, 3.05) is 13.1 Å². The predicted molar refractivity (Wildman–Crippen MR) is 157 cm³/mol. The summed E-state index contributed by atoms with van der Waals surface area (Å²) >= 11 is 0.